The maximum absolute atomic E-state index is 12.0. The van der Waals surface area contributed by atoms with Crippen molar-refractivity contribution in [1.82, 2.24) is 9.88 Å². The predicted molar refractivity (Wildman–Crippen MR) is 54.4 cm³/mol. The van der Waals surface area contributed by atoms with Gasteiger partial charge in [0.15, 0.2) is 12.1 Å². The van der Waals surface area contributed by atoms with Crippen LogP contribution in [0.4, 0.5) is 0 Å². The Labute approximate surface area is 88.3 Å². The first kappa shape index (κ1) is 10.2. The lowest BCUT2D eigenvalue weighted by molar-refractivity contribution is 0.0702. The molecule has 1 aromatic heterocycles. The number of oxazole rings is 1. The lowest BCUT2D eigenvalue weighted by Gasteiger charge is -2.30. The molecule has 82 valence electrons. The second-order valence-corrected chi connectivity index (χ2v) is 3.91. The largest absolute Gasteiger partial charge is 0.448 e. The van der Waals surface area contributed by atoms with E-state index in [1.807, 2.05) is 0 Å². The van der Waals surface area contributed by atoms with E-state index in [9.17, 15) is 4.79 Å². The fourth-order valence-electron chi connectivity index (χ4n) is 1.85. The van der Waals surface area contributed by atoms with Crippen LogP contribution in [-0.2, 0) is 0 Å². The number of carbonyl (C=O) groups excluding carboxylic acids is 1. The molecule has 0 saturated carbocycles. The fourth-order valence-corrected chi connectivity index (χ4v) is 1.85. The molecule has 0 bridgehead atoms. The van der Waals surface area contributed by atoms with Crippen LogP contribution in [0.15, 0.2) is 10.8 Å². The minimum absolute atomic E-state index is 0.0728. The number of aryl methyl sites for hydroxylation is 1. The van der Waals surface area contributed by atoms with Crippen LogP contribution in [0.5, 0.6) is 0 Å². The molecule has 1 aliphatic heterocycles. The molecule has 2 N–H and O–H groups in total. The third-order valence-electron chi connectivity index (χ3n) is 2.69. The molecule has 5 nitrogen and oxygen atoms in total. The minimum Gasteiger partial charge on any atom is -0.448 e. The highest BCUT2D eigenvalue weighted by atomic mass is 16.3. The molecule has 1 fully saturated rings. The Hall–Kier alpha value is -1.36. The Morgan fingerprint density at radius 2 is 2.53 bits per heavy atom. The van der Waals surface area contributed by atoms with Gasteiger partial charge in [-0.05, 0) is 19.8 Å². The lowest BCUT2D eigenvalue weighted by atomic mass is 10.1. The zero-order valence-electron chi connectivity index (χ0n) is 8.77. The van der Waals surface area contributed by atoms with E-state index in [1.54, 1.807) is 11.8 Å². The molecule has 1 aromatic rings. The van der Waals surface area contributed by atoms with E-state index < -0.39 is 0 Å². The van der Waals surface area contributed by atoms with Gasteiger partial charge < -0.3 is 15.1 Å². The molecule has 0 aromatic carbocycles. The molecule has 0 aliphatic carbocycles. The SMILES string of the molecule is Cc1ocnc1C(=O)N1CCC[C@@H](N)C1. The summed E-state index contributed by atoms with van der Waals surface area (Å²) in [6.07, 6.45) is 3.25. The number of nitrogens with two attached hydrogens (primary N) is 1. The summed E-state index contributed by atoms with van der Waals surface area (Å²) in [7, 11) is 0. The summed E-state index contributed by atoms with van der Waals surface area (Å²) in [6.45, 7) is 3.12. The fraction of sp³-hybridized carbons (Fsp3) is 0.600. The van der Waals surface area contributed by atoms with Crippen LogP contribution in [0.1, 0.15) is 29.1 Å². The first-order chi connectivity index (χ1) is 7.18. The zero-order valence-corrected chi connectivity index (χ0v) is 8.77. The van der Waals surface area contributed by atoms with Gasteiger partial charge in [-0.15, -0.1) is 0 Å². The molecule has 1 atom stereocenters. The van der Waals surface area contributed by atoms with Crippen LogP contribution in [0.2, 0.25) is 0 Å². The molecule has 2 rings (SSSR count). The van der Waals surface area contributed by atoms with E-state index in [1.165, 1.54) is 6.39 Å². The van der Waals surface area contributed by atoms with Crippen LogP contribution >= 0.6 is 0 Å². The Balaban J connectivity index is 2.11. The van der Waals surface area contributed by atoms with E-state index in [2.05, 4.69) is 4.98 Å². The molecule has 2 heterocycles. The molecule has 5 heteroatoms. The Morgan fingerprint density at radius 1 is 1.73 bits per heavy atom. The van der Waals surface area contributed by atoms with Crippen molar-refractivity contribution in [3.8, 4) is 0 Å². The monoisotopic (exact) mass is 209 g/mol. The summed E-state index contributed by atoms with van der Waals surface area (Å²) < 4.78 is 5.01. The van der Waals surface area contributed by atoms with Gasteiger partial charge in [-0.3, -0.25) is 4.79 Å². The second kappa shape index (κ2) is 4.02. The Bertz CT molecular complexity index is 361. The van der Waals surface area contributed by atoms with E-state index in [0.29, 0.717) is 18.0 Å². The van der Waals surface area contributed by atoms with Gasteiger partial charge in [-0.1, -0.05) is 0 Å². The molecule has 15 heavy (non-hydrogen) atoms. The van der Waals surface area contributed by atoms with E-state index >= 15 is 0 Å². The predicted octanol–water partition coefficient (Wildman–Crippen LogP) is 0.546. The van der Waals surface area contributed by atoms with Crippen LogP contribution in [0, 0.1) is 6.92 Å². The second-order valence-electron chi connectivity index (χ2n) is 3.91. The van der Waals surface area contributed by atoms with Gasteiger partial charge in [-0.2, -0.15) is 0 Å². The Morgan fingerprint density at radius 3 is 3.13 bits per heavy atom. The van der Waals surface area contributed by atoms with Gasteiger partial charge in [0.05, 0.1) is 0 Å². The van der Waals surface area contributed by atoms with Crippen molar-refractivity contribution in [2.24, 2.45) is 5.73 Å². The number of carbonyl (C=O) groups is 1. The van der Waals surface area contributed by atoms with Crippen molar-refractivity contribution in [3.63, 3.8) is 0 Å². The molecule has 1 aliphatic rings. The van der Waals surface area contributed by atoms with Gasteiger partial charge in [-0.25, -0.2) is 4.98 Å². The molecule has 1 amide bonds. The van der Waals surface area contributed by atoms with Crippen molar-refractivity contribution < 1.29 is 9.21 Å². The van der Waals surface area contributed by atoms with Crippen molar-refractivity contribution in [2.75, 3.05) is 13.1 Å². The Kier molecular flexibility index (Phi) is 2.73. The number of aromatic nitrogens is 1. The van der Waals surface area contributed by atoms with Gasteiger partial charge in [0, 0.05) is 19.1 Å². The number of hydrogen-bond acceptors (Lipinski definition) is 4. The molecule has 0 radical (unpaired) electrons. The average Bonchev–Trinajstić information content (AvgIpc) is 2.63. The molecule has 1 saturated heterocycles. The maximum atomic E-state index is 12.0. The smallest absolute Gasteiger partial charge is 0.276 e. The van der Waals surface area contributed by atoms with Crippen LogP contribution in [-0.4, -0.2) is 34.9 Å². The highest BCUT2D eigenvalue weighted by Crippen LogP contribution is 2.13. The summed E-state index contributed by atoms with van der Waals surface area (Å²) in [4.78, 5) is 17.6. The zero-order chi connectivity index (χ0) is 10.8. The van der Waals surface area contributed by atoms with E-state index in [-0.39, 0.29) is 11.9 Å². The molecular weight excluding hydrogens is 194 g/mol. The summed E-state index contributed by atoms with van der Waals surface area (Å²) in [5.74, 6) is 0.496. The van der Waals surface area contributed by atoms with Crippen molar-refractivity contribution in [2.45, 2.75) is 25.8 Å². The number of hydrogen-bond donors (Lipinski definition) is 1. The number of rotatable bonds is 1. The van der Waals surface area contributed by atoms with Gasteiger partial charge >= 0.3 is 0 Å². The minimum atomic E-state index is -0.0728. The summed E-state index contributed by atoms with van der Waals surface area (Å²) >= 11 is 0. The number of likely N-dealkylation sites (tertiary alicyclic amines) is 1. The molecule has 0 unspecified atom stereocenters. The highest BCUT2D eigenvalue weighted by Gasteiger charge is 2.25. The van der Waals surface area contributed by atoms with Crippen LogP contribution in [0.25, 0.3) is 0 Å². The van der Waals surface area contributed by atoms with Crippen molar-refractivity contribution in [1.29, 1.82) is 0 Å². The van der Waals surface area contributed by atoms with Crippen LogP contribution in [0.3, 0.4) is 0 Å². The number of piperidine rings is 1. The summed E-state index contributed by atoms with van der Waals surface area (Å²) in [6, 6.07) is 0.0925. The number of nitrogens with zero attached hydrogens (tertiary/aromatic N) is 2. The van der Waals surface area contributed by atoms with Crippen molar-refractivity contribution >= 4 is 5.91 Å². The van der Waals surface area contributed by atoms with E-state index in [4.69, 9.17) is 10.2 Å². The summed E-state index contributed by atoms with van der Waals surface area (Å²) in [5.41, 5.74) is 6.22. The van der Waals surface area contributed by atoms with E-state index in [0.717, 1.165) is 19.4 Å². The van der Waals surface area contributed by atoms with Gasteiger partial charge in [0.2, 0.25) is 0 Å². The summed E-state index contributed by atoms with van der Waals surface area (Å²) in [5, 5.41) is 0. The van der Waals surface area contributed by atoms with Crippen LogP contribution < -0.4 is 5.73 Å². The average molecular weight is 209 g/mol. The first-order valence-electron chi connectivity index (χ1n) is 5.13. The lowest BCUT2D eigenvalue weighted by Crippen LogP contribution is -2.45. The normalized spacial score (nSPS) is 21.7. The topological polar surface area (TPSA) is 72.4 Å². The standard InChI is InChI=1S/C10H15N3O2/c1-7-9(12-6-15-7)10(14)13-4-2-3-8(11)5-13/h6,8H,2-5,11H2,1H3/t8-/m1/s1. The van der Waals surface area contributed by atoms with Gasteiger partial charge in [0.1, 0.15) is 5.76 Å². The number of amides is 1. The third kappa shape index (κ3) is 2.02. The quantitative estimate of drug-likeness (QED) is 0.733. The first-order valence-corrected chi connectivity index (χ1v) is 5.13. The molecular formula is C10H15N3O2. The maximum Gasteiger partial charge on any atom is 0.276 e. The third-order valence-corrected chi connectivity index (χ3v) is 2.69. The van der Waals surface area contributed by atoms with Gasteiger partial charge in [0.25, 0.3) is 5.91 Å². The highest BCUT2D eigenvalue weighted by molar-refractivity contribution is 5.93. The van der Waals surface area contributed by atoms with Crippen molar-refractivity contribution in [3.05, 3.63) is 17.8 Å². The molecule has 0 spiro atoms.